The van der Waals surface area contributed by atoms with Crippen LogP contribution in [-0.2, 0) is 6.18 Å². The van der Waals surface area contributed by atoms with Crippen molar-refractivity contribution in [3.05, 3.63) is 72.4 Å². The molecule has 152 valence electrons. The second-order valence-corrected chi connectivity index (χ2v) is 8.41. The maximum Gasteiger partial charge on any atom is 0.416 e. The van der Waals surface area contributed by atoms with Crippen molar-refractivity contribution >= 4 is 0 Å². The Hall–Kier alpha value is -1.77. The average molecular weight is 389 g/mol. The average Bonchev–Trinajstić information content (AvgIpc) is 2.71. The Balaban J connectivity index is 1.44. The highest BCUT2D eigenvalue weighted by Gasteiger charge is 2.30. The molecule has 3 heteroatoms. The van der Waals surface area contributed by atoms with E-state index >= 15 is 0 Å². The van der Waals surface area contributed by atoms with Crippen LogP contribution in [0, 0.1) is 17.8 Å². The first kappa shape index (κ1) is 21.0. The smallest absolute Gasteiger partial charge is 0.166 e. The van der Waals surface area contributed by atoms with E-state index in [1.165, 1.54) is 37.8 Å². The standard InChI is InChI=1S/C25H31F3/c1-2-3-4-19-5-7-20(8-6-19)9-10-21-11-13-22(14-12-21)23-15-17-24(18-16-23)25(26,27)28/h2-4,9-10,15-22H,1,5-8,11-14H2/b4-3?,10-9+. The van der Waals surface area contributed by atoms with Gasteiger partial charge in [-0.1, -0.05) is 49.1 Å². The first-order valence-corrected chi connectivity index (χ1v) is 10.6. The highest BCUT2D eigenvalue weighted by atomic mass is 19.4. The van der Waals surface area contributed by atoms with Crippen LogP contribution in [0.4, 0.5) is 13.2 Å². The van der Waals surface area contributed by atoms with Crippen LogP contribution in [-0.4, -0.2) is 0 Å². The zero-order chi connectivity index (χ0) is 20.0. The van der Waals surface area contributed by atoms with E-state index in [1.54, 1.807) is 12.1 Å². The van der Waals surface area contributed by atoms with E-state index in [1.807, 2.05) is 6.08 Å². The molecule has 3 rings (SSSR count). The summed E-state index contributed by atoms with van der Waals surface area (Å²) < 4.78 is 38.1. The van der Waals surface area contributed by atoms with E-state index in [0.717, 1.165) is 31.2 Å². The van der Waals surface area contributed by atoms with Crippen LogP contribution in [0.2, 0.25) is 0 Å². The van der Waals surface area contributed by atoms with E-state index < -0.39 is 11.7 Å². The van der Waals surface area contributed by atoms with Gasteiger partial charge in [-0.05, 0) is 92.7 Å². The molecule has 28 heavy (non-hydrogen) atoms. The van der Waals surface area contributed by atoms with E-state index in [9.17, 15) is 13.2 Å². The summed E-state index contributed by atoms with van der Waals surface area (Å²) in [5.41, 5.74) is 0.504. The molecule has 0 aliphatic heterocycles. The van der Waals surface area contributed by atoms with Crippen molar-refractivity contribution in [3.63, 3.8) is 0 Å². The Kier molecular flexibility index (Phi) is 7.20. The van der Waals surface area contributed by atoms with Crippen molar-refractivity contribution < 1.29 is 13.2 Å². The van der Waals surface area contributed by atoms with Crippen LogP contribution >= 0.6 is 0 Å². The van der Waals surface area contributed by atoms with Crippen LogP contribution < -0.4 is 0 Å². The Morgan fingerprint density at radius 1 is 0.714 bits per heavy atom. The molecule has 0 atom stereocenters. The van der Waals surface area contributed by atoms with Crippen molar-refractivity contribution in [2.24, 2.45) is 17.8 Å². The van der Waals surface area contributed by atoms with Gasteiger partial charge in [0.25, 0.3) is 0 Å². The van der Waals surface area contributed by atoms with Gasteiger partial charge in [0.15, 0.2) is 0 Å². The van der Waals surface area contributed by atoms with Crippen LogP contribution in [0.3, 0.4) is 0 Å². The molecule has 1 aromatic carbocycles. The SMILES string of the molecule is C=CC=CC1CCC(/C=C/C2CCC(c3ccc(C(F)(F)F)cc3)CC2)CC1. The van der Waals surface area contributed by atoms with Crippen LogP contribution in [0.15, 0.2) is 61.2 Å². The molecule has 0 bridgehead atoms. The molecule has 0 amide bonds. The van der Waals surface area contributed by atoms with Crippen molar-refractivity contribution in [1.82, 2.24) is 0 Å². The lowest BCUT2D eigenvalue weighted by atomic mass is 9.77. The molecule has 0 N–H and O–H groups in total. The molecule has 0 unspecified atom stereocenters. The number of halogens is 3. The number of hydrogen-bond acceptors (Lipinski definition) is 0. The zero-order valence-electron chi connectivity index (χ0n) is 16.5. The summed E-state index contributed by atoms with van der Waals surface area (Å²) in [4.78, 5) is 0. The molecule has 2 aliphatic rings. The molecular weight excluding hydrogens is 357 g/mol. The summed E-state index contributed by atoms with van der Waals surface area (Å²) in [7, 11) is 0. The maximum absolute atomic E-state index is 12.7. The zero-order valence-corrected chi connectivity index (χ0v) is 16.5. The van der Waals surface area contributed by atoms with Crippen LogP contribution in [0.1, 0.15) is 68.4 Å². The van der Waals surface area contributed by atoms with Crippen molar-refractivity contribution in [2.45, 2.75) is 63.5 Å². The van der Waals surface area contributed by atoms with E-state index in [4.69, 9.17) is 0 Å². The second kappa shape index (κ2) is 9.62. The van der Waals surface area contributed by atoms with Gasteiger partial charge >= 0.3 is 6.18 Å². The third kappa shape index (κ3) is 5.86. The van der Waals surface area contributed by atoms with Crippen LogP contribution in [0.25, 0.3) is 0 Å². The summed E-state index contributed by atoms with van der Waals surface area (Å²) in [6, 6.07) is 5.79. The van der Waals surface area contributed by atoms with Gasteiger partial charge in [-0.2, -0.15) is 13.2 Å². The number of benzene rings is 1. The number of rotatable bonds is 5. The number of hydrogen-bond donors (Lipinski definition) is 0. The molecule has 0 saturated heterocycles. The number of alkyl halides is 3. The van der Waals surface area contributed by atoms with Gasteiger partial charge in [-0.3, -0.25) is 0 Å². The second-order valence-electron chi connectivity index (χ2n) is 8.41. The molecule has 2 fully saturated rings. The van der Waals surface area contributed by atoms with Crippen molar-refractivity contribution in [2.75, 3.05) is 0 Å². The fraction of sp³-hybridized carbons (Fsp3) is 0.520. The fourth-order valence-electron chi connectivity index (χ4n) is 4.67. The van der Waals surface area contributed by atoms with Gasteiger partial charge < -0.3 is 0 Å². The first-order valence-electron chi connectivity index (χ1n) is 10.6. The largest absolute Gasteiger partial charge is 0.416 e. The Morgan fingerprint density at radius 2 is 1.18 bits per heavy atom. The number of allylic oxidation sites excluding steroid dienone is 5. The van der Waals surface area contributed by atoms with Crippen molar-refractivity contribution in [3.8, 4) is 0 Å². The summed E-state index contributed by atoms with van der Waals surface area (Å²) in [6.07, 6.45) is 16.3. The molecular formula is C25H31F3. The normalized spacial score (nSPS) is 29.4. The predicted octanol–water partition coefficient (Wildman–Crippen LogP) is 8.08. The lowest BCUT2D eigenvalue weighted by molar-refractivity contribution is -0.137. The quantitative estimate of drug-likeness (QED) is 0.353. The molecule has 0 radical (unpaired) electrons. The van der Waals surface area contributed by atoms with Crippen molar-refractivity contribution in [1.29, 1.82) is 0 Å². The Morgan fingerprint density at radius 3 is 1.64 bits per heavy atom. The van der Waals surface area contributed by atoms with E-state index in [0.29, 0.717) is 23.7 Å². The van der Waals surface area contributed by atoms with Gasteiger partial charge in [-0.25, -0.2) is 0 Å². The molecule has 0 nitrogen and oxygen atoms in total. The van der Waals surface area contributed by atoms with Gasteiger partial charge in [0.2, 0.25) is 0 Å². The van der Waals surface area contributed by atoms with Crippen LogP contribution in [0.5, 0.6) is 0 Å². The molecule has 0 spiro atoms. The van der Waals surface area contributed by atoms with E-state index in [2.05, 4.69) is 30.9 Å². The van der Waals surface area contributed by atoms with Gasteiger partial charge in [0, 0.05) is 0 Å². The van der Waals surface area contributed by atoms with Gasteiger partial charge in [0.05, 0.1) is 5.56 Å². The van der Waals surface area contributed by atoms with Gasteiger partial charge in [0.1, 0.15) is 0 Å². The fourth-order valence-corrected chi connectivity index (χ4v) is 4.67. The topological polar surface area (TPSA) is 0 Å². The van der Waals surface area contributed by atoms with Gasteiger partial charge in [-0.15, -0.1) is 0 Å². The monoisotopic (exact) mass is 388 g/mol. The molecule has 2 aliphatic carbocycles. The van der Waals surface area contributed by atoms with E-state index in [-0.39, 0.29) is 0 Å². The molecule has 1 aromatic rings. The Labute approximate surface area is 167 Å². The summed E-state index contributed by atoms with van der Waals surface area (Å²) >= 11 is 0. The minimum Gasteiger partial charge on any atom is -0.166 e. The maximum atomic E-state index is 12.7. The highest BCUT2D eigenvalue weighted by molar-refractivity contribution is 5.27. The minimum absolute atomic E-state index is 0.402. The third-order valence-electron chi connectivity index (χ3n) is 6.47. The third-order valence-corrected chi connectivity index (χ3v) is 6.47. The summed E-state index contributed by atoms with van der Waals surface area (Å²) in [5, 5.41) is 0. The lowest BCUT2D eigenvalue weighted by Crippen LogP contribution is -2.14. The molecule has 0 heterocycles. The molecule has 0 aromatic heterocycles. The lowest BCUT2D eigenvalue weighted by Gasteiger charge is -2.28. The predicted molar refractivity (Wildman–Crippen MR) is 110 cm³/mol. The summed E-state index contributed by atoms with van der Waals surface area (Å²) in [6.45, 7) is 3.74. The summed E-state index contributed by atoms with van der Waals surface area (Å²) in [5.74, 6) is 2.45. The molecule has 2 saturated carbocycles. The first-order chi connectivity index (χ1) is 13.5. The minimum atomic E-state index is -4.25. The Bertz CT molecular complexity index is 665. The highest BCUT2D eigenvalue weighted by Crippen LogP contribution is 2.38.